The van der Waals surface area contributed by atoms with Gasteiger partial charge in [-0.15, -0.1) is 0 Å². The van der Waals surface area contributed by atoms with Crippen molar-refractivity contribution in [3.63, 3.8) is 0 Å². The maximum absolute atomic E-state index is 14.9. The number of nitrogens with one attached hydrogen (secondary N) is 2. The van der Waals surface area contributed by atoms with Crippen molar-refractivity contribution >= 4 is 59.1 Å². The number of fused-ring (bicyclic) bond motifs is 4. The largest absolute Gasteiger partial charge is 0.493 e. The minimum absolute atomic E-state index is 0.00446. The number of carboxylic acids is 2. The zero-order valence-corrected chi connectivity index (χ0v) is 65.0. The second-order valence-electron chi connectivity index (χ2n) is 28.9. The van der Waals surface area contributed by atoms with Gasteiger partial charge in [0.2, 0.25) is 12.6 Å². The molecule has 5 aromatic rings. The lowest BCUT2D eigenvalue weighted by Crippen LogP contribution is -2.61. The Kier molecular flexibility index (Phi) is 29.0. The molecule has 0 spiro atoms. The van der Waals surface area contributed by atoms with Gasteiger partial charge >= 0.3 is 24.1 Å². The second kappa shape index (κ2) is 38.8. The van der Waals surface area contributed by atoms with Crippen LogP contribution in [0, 0.1) is 5.41 Å². The molecule has 6 aliphatic rings. The summed E-state index contributed by atoms with van der Waals surface area (Å²) in [4.78, 5) is 120. The molecule has 7 heterocycles. The summed E-state index contributed by atoms with van der Waals surface area (Å²) >= 11 is 0. The third-order valence-corrected chi connectivity index (χ3v) is 20.2. The first-order valence-electron chi connectivity index (χ1n) is 37.2. The van der Waals surface area contributed by atoms with Gasteiger partial charge < -0.3 is 143 Å². The van der Waals surface area contributed by atoms with Crippen LogP contribution in [-0.4, -0.2) is 305 Å². The Labute approximate surface area is 673 Å². The molecule has 11 rings (SSSR count). The number of carbonyl (C=O) groups is 8. The third-order valence-electron chi connectivity index (χ3n) is 20.2. The average Bonchev–Trinajstić information content (AvgIpc) is 1.60. The predicted octanol–water partition coefficient (Wildman–Crippen LogP) is -0.762. The van der Waals surface area contributed by atoms with Crippen molar-refractivity contribution < 1.29 is 161 Å². The van der Waals surface area contributed by atoms with Gasteiger partial charge in [0.05, 0.1) is 118 Å². The normalized spacial score (nSPS) is 24.5. The number of methoxy groups -OCH3 is 4. The molecule has 0 saturated carbocycles. The minimum atomic E-state index is -2.05. The Morgan fingerprint density at radius 3 is 1.52 bits per heavy atom. The molecule has 42 nitrogen and oxygen atoms in total. The smallest absolute Gasteiger partial charge is 0.416 e. The van der Waals surface area contributed by atoms with Crippen LogP contribution in [0.15, 0.2) is 78.9 Å². The summed E-state index contributed by atoms with van der Waals surface area (Å²) in [7, 11) is 5.42. The van der Waals surface area contributed by atoms with E-state index in [1.54, 1.807) is 6.07 Å². The molecule has 0 bridgehead atoms. The number of ether oxygens (including phenoxy) is 14. The summed E-state index contributed by atoms with van der Waals surface area (Å²) < 4.78 is 81.7. The maximum Gasteiger partial charge on any atom is 0.416 e. The number of hydrogen-bond donors (Lipinski definition) is 13. The van der Waals surface area contributed by atoms with Crippen LogP contribution in [0.4, 0.5) is 21.0 Å². The van der Waals surface area contributed by atoms with E-state index in [4.69, 9.17) is 77.3 Å². The molecule has 642 valence electrons. The molecule has 4 saturated heterocycles. The van der Waals surface area contributed by atoms with Gasteiger partial charge in [0.25, 0.3) is 23.6 Å². The number of amides is 6. The number of aliphatic hydroxyl groups is 8. The van der Waals surface area contributed by atoms with Gasteiger partial charge in [-0.3, -0.25) is 23.9 Å². The van der Waals surface area contributed by atoms with Gasteiger partial charge in [-0.05, 0) is 71.8 Å². The van der Waals surface area contributed by atoms with Gasteiger partial charge in [-0.25, -0.2) is 34.9 Å². The zero-order chi connectivity index (χ0) is 85.1. The molecule has 0 radical (unpaired) electrons. The van der Waals surface area contributed by atoms with Crippen LogP contribution in [0.3, 0.4) is 0 Å². The molecule has 14 atom stereocenters. The Balaban J connectivity index is 0.868. The van der Waals surface area contributed by atoms with Crippen molar-refractivity contribution in [2.45, 2.75) is 146 Å². The number of nitrogens with two attached hydrogens (primary N) is 1. The molecule has 6 amide bonds. The van der Waals surface area contributed by atoms with E-state index in [9.17, 15) is 89.4 Å². The van der Waals surface area contributed by atoms with E-state index in [2.05, 4.69) is 22.1 Å². The number of benzene rings is 4. The molecule has 1 aromatic heterocycles. The number of aliphatic hydroxyl groups excluding tert-OH is 8. The van der Waals surface area contributed by atoms with E-state index in [1.165, 1.54) is 104 Å². The lowest BCUT2D eigenvalue weighted by molar-refractivity contribution is -0.271. The molecule has 4 fully saturated rings. The van der Waals surface area contributed by atoms with Gasteiger partial charge in [0.1, 0.15) is 80.2 Å². The highest BCUT2D eigenvalue weighted by atomic mass is 16.7. The Morgan fingerprint density at radius 1 is 0.559 bits per heavy atom. The van der Waals surface area contributed by atoms with Gasteiger partial charge in [0, 0.05) is 52.5 Å². The van der Waals surface area contributed by atoms with Crippen LogP contribution in [0.25, 0.3) is 0 Å². The predicted molar refractivity (Wildman–Crippen MR) is 399 cm³/mol. The number of carbonyl (C=O) groups excluding carboxylic acids is 6. The van der Waals surface area contributed by atoms with Crippen molar-refractivity contribution in [2.75, 3.05) is 111 Å². The summed E-state index contributed by atoms with van der Waals surface area (Å²) in [6.45, 7) is 6.96. The van der Waals surface area contributed by atoms with Crippen molar-refractivity contribution in [1.82, 2.24) is 30.2 Å². The van der Waals surface area contributed by atoms with E-state index in [1.807, 2.05) is 13.8 Å². The topological polar surface area (TPSA) is 558 Å². The fraction of sp³-hybridized carbons (Fsp3) is 0.513. The SMILES string of the molecule is C=C1C[C@H]2C(O)N(C(=O)OCc3ccc(O[C@@H]4O[C@H](C(=O)O)[C@@H](O)[C@@H](O)[C@H]4O)c(C(=O)NCCOC)c3)c3cc(OCc4cc(COc5cc6c(cc5OC)C(=O)N5CC(C)(C)C[C@H]5C(O)N6C(=O)OCc5ccc(O[C@@H]6O[C@H](C(=O)O)[C@@H](O)[C@H](O)[C@H]6O)c(C(=O)NCCOC)c5)nn4CCOCCOCCON)c(OC)cc3C(=O)N2C1. The van der Waals surface area contributed by atoms with Crippen LogP contribution in [-0.2, 0) is 85.3 Å². The number of aromatic nitrogens is 2. The second-order valence-corrected chi connectivity index (χ2v) is 28.9. The van der Waals surface area contributed by atoms with E-state index in [0.717, 1.165) is 9.80 Å². The molecule has 2 unspecified atom stereocenters. The van der Waals surface area contributed by atoms with Crippen molar-refractivity contribution in [3.8, 4) is 34.5 Å². The lowest BCUT2D eigenvalue weighted by Gasteiger charge is -2.38. The molecule has 42 heteroatoms. The molecule has 0 aliphatic carbocycles. The summed E-state index contributed by atoms with van der Waals surface area (Å²) in [6.07, 6.45) is -25.8. The van der Waals surface area contributed by atoms with Crippen LogP contribution >= 0.6 is 0 Å². The molecule has 4 aromatic carbocycles. The number of aliphatic carboxylic acids is 2. The summed E-state index contributed by atoms with van der Waals surface area (Å²) in [6, 6.07) is 12.5. The monoisotopic (exact) mass is 1660 g/mol. The van der Waals surface area contributed by atoms with Crippen LogP contribution in [0.2, 0.25) is 0 Å². The van der Waals surface area contributed by atoms with E-state index < -0.39 is 152 Å². The molecular formula is C76H95N9O33. The fourth-order valence-corrected chi connectivity index (χ4v) is 14.2. The highest BCUT2D eigenvalue weighted by Gasteiger charge is 2.53. The molecular weight excluding hydrogens is 1570 g/mol. The quantitative estimate of drug-likeness (QED) is 0.0135. The number of anilines is 2. The van der Waals surface area contributed by atoms with Gasteiger partial charge in [0.15, 0.2) is 47.7 Å². The number of nitrogens with zero attached hydrogens (tertiary/aromatic N) is 6. The zero-order valence-electron chi connectivity index (χ0n) is 65.0. The Morgan fingerprint density at radius 2 is 1.03 bits per heavy atom. The minimum Gasteiger partial charge on any atom is -0.493 e. The lowest BCUT2D eigenvalue weighted by atomic mass is 9.90. The Hall–Kier alpha value is -10.6. The average molecular weight is 1660 g/mol. The maximum atomic E-state index is 14.9. The van der Waals surface area contributed by atoms with Crippen LogP contribution in [0.1, 0.15) is 90.6 Å². The van der Waals surface area contributed by atoms with E-state index in [-0.39, 0.29) is 190 Å². The fourth-order valence-electron chi connectivity index (χ4n) is 14.2. The van der Waals surface area contributed by atoms with Crippen molar-refractivity contribution in [2.24, 2.45) is 11.3 Å². The Bertz CT molecular complexity index is 4490. The summed E-state index contributed by atoms with van der Waals surface area (Å²) in [5.41, 5.74) is -0.215. The van der Waals surface area contributed by atoms with Crippen molar-refractivity contribution in [3.05, 3.63) is 124 Å². The molecule has 14 N–H and O–H groups in total. The summed E-state index contributed by atoms with van der Waals surface area (Å²) in [5.74, 6) is -1.75. The van der Waals surface area contributed by atoms with Crippen LogP contribution in [0.5, 0.6) is 34.5 Å². The van der Waals surface area contributed by atoms with Gasteiger partial charge in [-0.2, -0.15) is 5.10 Å². The first-order chi connectivity index (χ1) is 56.4. The van der Waals surface area contributed by atoms with Crippen LogP contribution < -0.4 is 54.8 Å². The first kappa shape index (κ1) is 88.2. The number of carboxylic acid groups (broad SMARTS) is 2. The van der Waals surface area contributed by atoms with E-state index >= 15 is 0 Å². The number of rotatable bonds is 35. The highest BCUT2D eigenvalue weighted by molar-refractivity contribution is 6.07. The van der Waals surface area contributed by atoms with Gasteiger partial charge in [-0.1, -0.05) is 38.1 Å². The van der Waals surface area contributed by atoms with Crippen molar-refractivity contribution in [1.29, 1.82) is 0 Å². The first-order valence-corrected chi connectivity index (χ1v) is 37.2. The third kappa shape index (κ3) is 19.7. The molecule has 6 aliphatic heterocycles. The van der Waals surface area contributed by atoms with E-state index in [0.29, 0.717) is 11.3 Å². The standard InChI is InChI=1S/C76H95N9O33/c1-37-22-48-68(96)84(74(102)112-32-38-8-10-50(44(23-38)64(92)78-12-15-104-4)115-72-60(90)56(86)58(88)62(117-72)70(98)99)46-29-55(53(107-7)26-42(46)66(94)81(48)31-37)111-35-41-25-40(80-83(41)14-17-108-18-19-109-20-21-114-77)34-110-54-28-47-43(27-52(54)106-6)67(95)82-36-76(2,3)30-49(82)69(97)85(47)75(103)113-33-39-9-11-51(45(24-39)65(93)79-13-16-105-5)116-73-61(91)57(87)59(89)63(118-73)71(100)101/h8-11,23-29,48-49,56-63,68-69,72-73,86-91,96-97H,1,12-22,30-36,77H2,2-7H3,(H,78,92)(H,79,93)(H,98,99)(H,100,101)/t48-,49-,56+,57-,58-,59-,60+,61+,62-,63-,68?,69?,72+,73+/m0/s1. The summed E-state index contributed by atoms with van der Waals surface area (Å²) in [5, 5.41) is 117. The number of hydrogen-bond acceptors (Lipinski definition) is 33. The highest BCUT2D eigenvalue weighted by Crippen LogP contribution is 2.47. The molecule has 118 heavy (non-hydrogen) atoms.